The molecule has 0 bridgehead atoms. The van der Waals surface area contributed by atoms with Gasteiger partial charge in [-0.2, -0.15) is 0 Å². The van der Waals surface area contributed by atoms with Crippen LogP contribution in [0.4, 0.5) is 11.4 Å². The third-order valence-corrected chi connectivity index (χ3v) is 7.55. The Hall–Kier alpha value is -3.98. The second-order valence-corrected chi connectivity index (χ2v) is 10.1. The van der Waals surface area contributed by atoms with Crippen molar-refractivity contribution in [2.75, 3.05) is 49.3 Å². The van der Waals surface area contributed by atoms with Crippen molar-refractivity contribution in [1.29, 1.82) is 0 Å². The first-order chi connectivity index (χ1) is 19.2. The number of carbonyl (C=O) groups is 2. The van der Waals surface area contributed by atoms with Gasteiger partial charge in [0.05, 0.1) is 19.5 Å². The maximum Gasteiger partial charge on any atom is 0.294 e. The van der Waals surface area contributed by atoms with E-state index < -0.39 is 11.9 Å². The molecule has 3 heterocycles. The lowest BCUT2D eigenvalue weighted by Gasteiger charge is -2.33. The highest BCUT2D eigenvalue weighted by atomic mass is 16.6. The van der Waals surface area contributed by atoms with Crippen molar-refractivity contribution < 1.29 is 28.2 Å². The van der Waals surface area contributed by atoms with Gasteiger partial charge < -0.3 is 28.8 Å². The summed E-state index contributed by atoms with van der Waals surface area (Å²) in [6.07, 6.45) is 5.50. The molecule has 2 fully saturated rings. The summed E-state index contributed by atoms with van der Waals surface area (Å²) in [5, 5.41) is 3.22. The Morgan fingerprint density at radius 3 is 2.36 bits per heavy atom. The molecule has 1 aliphatic carbocycles. The van der Waals surface area contributed by atoms with E-state index in [4.69, 9.17) is 18.6 Å². The number of rotatable bonds is 7. The average molecular weight is 532 g/mol. The molecule has 1 saturated heterocycles. The molecule has 2 amide bonds. The van der Waals surface area contributed by atoms with E-state index in [-0.39, 0.29) is 17.7 Å². The third-order valence-electron chi connectivity index (χ3n) is 7.55. The van der Waals surface area contributed by atoms with Gasteiger partial charge in [-0.05, 0) is 54.8 Å². The first kappa shape index (κ1) is 25.3. The molecule has 1 atom stereocenters. The number of hydrogen-bond donors (Lipinski definition) is 1. The zero-order valence-corrected chi connectivity index (χ0v) is 21.8. The van der Waals surface area contributed by atoms with E-state index in [9.17, 15) is 9.59 Å². The van der Waals surface area contributed by atoms with Crippen LogP contribution in [-0.2, 0) is 9.53 Å². The van der Waals surface area contributed by atoms with Gasteiger partial charge in [0.1, 0.15) is 19.3 Å². The molecule has 39 heavy (non-hydrogen) atoms. The Labute approximate surface area is 227 Å². The molecule has 1 N–H and O–H groups in total. The van der Waals surface area contributed by atoms with Crippen molar-refractivity contribution in [3.8, 4) is 11.5 Å². The van der Waals surface area contributed by atoms with Crippen LogP contribution < -0.4 is 24.6 Å². The van der Waals surface area contributed by atoms with Gasteiger partial charge in [-0.25, -0.2) is 0 Å². The zero-order valence-electron chi connectivity index (χ0n) is 21.8. The lowest BCUT2D eigenvalue weighted by Crippen LogP contribution is -2.46. The van der Waals surface area contributed by atoms with Crippen LogP contribution in [0.1, 0.15) is 47.8 Å². The molecular weight excluding hydrogens is 498 g/mol. The molecule has 1 aromatic heterocycles. The topological polar surface area (TPSA) is 93.5 Å². The summed E-state index contributed by atoms with van der Waals surface area (Å²) < 4.78 is 22.5. The maximum absolute atomic E-state index is 14.0. The molecule has 2 aliphatic heterocycles. The monoisotopic (exact) mass is 531 g/mol. The van der Waals surface area contributed by atoms with Crippen LogP contribution >= 0.6 is 0 Å². The number of furan rings is 1. The Morgan fingerprint density at radius 2 is 1.64 bits per heavy atom. The van der Waals surface area contributed by atoms with E-state index in [1.54, 1.807) is 30.3 Å². The van der Waals surface area contributed by atoms with Crippen LogP contribution in [0.3, 0.4) is 0 Å². The number of fused-ring (bicyclic) bond motifs is 1. The first-order valence-corrected chi connectivity index (χ1v) is 13.7. The van der Waals surface area contributed by atoms with Gasteiger partial charge in [-0.1, -0.05) is 25.0 Å². The Kier molecular flexibility index (Phi) is 7.40. The lowest BCUT2D eigenvalue weighted by atomic mass is 10.0. The SMILES string of the molecule is O=C(NC1CCCC1)[C@H](c1ccc(N2CCOCC2)cc1)N(C(=O)c1ccco1)c1ccc2c(c1)OCCO2. The predicted octanol–water partition coefficient (Wildman–Crippen LogP) is 4.33. The van der Waals surface area contributed by atoms with Crippen molar-refractivity contribution >= 4 is 23.2 Å². The number of ether oxygens (including phenoxy) is 3. The smallest absolute Gasteiger partial charge is 0.294 e. The molecule has 2 aromatic carbocycles. The number of nitrogens with one attached hydrogen (secondary N) is 1. The molecular formula is C30H33N3O6. The molecule has 3 aliphatic rings. The summed E-state index contributed by atoms with van der Waals surface area (Å²) in [5.41, 5.74) is 2.28. The van der Waals surface area contributed by atoms with Crippen molar-refractivity contribution in [2.45, 2.75) is 37.8 Å². The maximum atomic E-state index is 14.0. The molecule has 0 unspecified atom stereocenters. The minimum atomic E-state index is -0.926. The van der Waals surface area contributed by atoms with Crippen LogP contribution in [0.25, 0.3) is 0 Å². The van der Waals surface area contributed by atoms with Crippen LogP contribution in [0.15, 0.2) is 65.3 Å². The van der Waals surface area contributed by atoms with Gasteiger partial charge in [0, 0.05) is 36.6 Å². The zero-order chi connectivity index (χ0) is 26.6. The Morgan fingerprint density at radius 1 is 0.897 bits per heavy atom. The van der Waals surface area contributed by atoms with E-state index in [1.807, 2.05) is 24.3 Å². The van der Waals surface area contributed by atoms with Crippen LogP contribution in [0, 0.1) is 0 Å². The first-order valence-electron chi connectivity index (χ1n) is 13.7. The molecule has 6 rings (SSSR count). The highest BCUT2D eigenvalue weighted by molar-refractivity contribution is 6.09. The summed E-state index contributed by atoms with van der Waals surface area (Å²) >= 11 is 0. The fraction of sp³-hybridized carbons (Fsp3) is 0.400. The summed E-state index contributed by atoms with van der Waals surface area (Å²) in [6, 6.07) is 15.7. The van der Waals surface area contributed by atoms with Gasteiger partial charge in [0.25, 0.3) is 5.91 Å². The number of hydrogen-bond acceptors (Lipinski definition) is 7. The van der Waals surface area contributed by atoms with Crippen LogP contribution in [-0.4, -0.2) is 57.4 Å². The highest BCUT2D eigenvalue weighted by Crippen LogP contribution is 2.38. The van der Waals surface area contributed by atoms with E-state index in [1.165, 1.54) is 11.2 Å². The molecule has 1 saturated carbocycles. The van der Waals surface area contributed by atoms with Gasteiger partial charge in [0.2, 0.25) is 5.91 Å². The Bertz CT molecular complexity index is 1280. The van der Waals surface area contributed by atoms with Crippen LogP contribution in [0.2, 0.25) is 0 Å². The van der Waals surface area contributed by atoms with Crippen molar-refractivity contribution in [3.05, 3.63) is 72.2 Å². The quantitative estimate of drug-likeness (QED) is 0.485. The molecule has 9 nitrogen and oxygen atoms in total. The fourth-order valence-corrected chi connectivity index (χ4v) is 5.54. The second-order valence-electron chi connectivity index (χ2n) is 10.1. The summed E-state index contributed by atoms with van der Waals surface area (Å²) in [7, 11) is 0. The fourth-order valence-electron chi connectivity index (χ4n) is 5.54. The summed E-state index contributed by atoms with van der Waals surface area (Å²) in [5.74, 6) is 0.649. The summed E-state index contributed by atoms with van der Waals surface area (Å²) in [6.45, 7) is 3.87. The minimum absolute atomic E-state index is 0.0912. The van der Waals surface area contributed by atoms with Crippen LogP contribution in [0.5, 0.6) is 11.5 Å². The number of amides is 2. The van der Waals surface area contributed by atoms with Crippen molar-refractivity contribution in [3.63, 3.8) is 0 Å². The molecule has 3 aromatic rings. The third kappa shape index (κ3) is 5.45. The number of morpholine rings is 1. The Balaban J connectivity index is 1.41. The van der Waals surface area contributed by atoms with E-state index in [0.29, 0.717) is 49.2 Å². The normalized spacial score (nSPS) is 18.0. The summed E-state index contributed by atoms with van der Waals surface area (Å²) in [4.78, 5) is 31.8. The predicted molar refractivity (Wildman–Crippen MR) is 146 cm³/mol. The van der Waals surface area contributed by atoms with Gasteiger partial charge in [-0.15, -0.1) is 0 Å². The average Bonchev–Trinajstić information content (AvgIpc) is 3.71. The number of benzene rings is 2. The molecule has 204 valence electrons. The second kappa shape index (κ2) is 11.4. The van der Waals surface area contributed by atoms with Gasteiger partial charge in [-0.3, -0.25) is 14.5 Å². The molecule has 9 heteroatoms. The largest absolute Gasteiger partial charge is 0.486 e. The van der Waals surface area contributed by atoms with E-state index >= 15 is 0 Å². The van der Waals surface area contributed by atoms with E-state index in [0.717, 1.165) is 44.5 Å². The minimum Gasteiger partial charge on any atom is -0.486 e. The standard InChI is InChI=1S/C30H33N3O6/c34-29(31-22-4-1-2-5-22)28(21-7-9-23(10-8-21)32-13-16-36-17-14-32)33(30(35)26-6-3-15-37-26)24-11-12-25-27(20-24)39-19-18-38-25/h3,6-12,15,20,22,28H,1-2,4-5,13-14,16-19H2,(H,31,34)/t28-/m0/s1. The number of anilines is 2. The van der Waals surface area contributed by atoms with Crippen molar-refractivity contribution in [2.24, 2.45) is 0 Å². The van der Waals surface area contributed by atoms with Gasteiger partial charge >= 0.3 is 0 Å². The van der Waals surface area contributed by atoms with Crippen molar-refractivity contribution in [1.82, 2.24) is 5.32 Å². The van der Waals surface area contributed by atoms with Gasteiger partial charge in [0.15, 0.2) is 17.3 Å². The number of nitrogens with zero attached hydrogens (tertiary/aromatic N) is 2. The molecule has 0 spiro atoms. The van der Waals surface area contributed by atoms with E-state index in [2.05, 4.69) is 10.2 Å². The molecule has 0 radical (unpaired) electrons. The number of carbonyl (C=O) groups excluding carboxylic acids is 2. The lowest BCUT2D eigenvalue weighted by molar-refractivity contribution is -0.123. The highest BCUT2D eigenvalue weighted by Gasteiger charge is 2.36.